The molecule has 2 aliphatic rings. The molecule has 1 amide bonds. The van der Waals surface area contributed by atoms with E-state index in [-0.39, 0.29) is 41.3 Å². The molecule has 0 radical (unpaired) electrons. The Morgan fingerprint density at radius 2 is 2.04 bits per heavy atom. The maximum atomic E-state index is 12.6. The van der Waals surface area contributed by atoms with E-state index in [1.54, 1.807) is 13.0 Å². The lowest BCUT2D eigenvalue weighted by Gasteiger charge is -2.33. The van der Waals surface area contributed by atoms with E-state index in [1.165, 1.54) is 22.8 Å². The molecular weight excluding hydrogens is 378 g/mol. The third kappa shape index (κ3) is 4.07. The van der Waals surface area contributed by atoms with Gasteiger partial charge in [-0.25, -0.2) is 16.8 Å². The number of hydrogen-bond acceptors (Lipinski definition) is 6. The number of piperidine rings is 1. The molecule has 2 fully saturated rings. The maximum Gasteiger partial charge on any atom is 0.244 e. The van der Waals surface area contributed by atoms with Crippen LogP contribution in [0.1, 0.15) is 26.2 Å². The van der Waals surface area contributed by atoms with Crippen molar-refractivity contribution in [3.8, 4) is 0 Å². The highest BCUT2D eigenvalue weighted by Crippen LogP contribution is 2.27. The van der Waals surface area contributed by atoms with Gasteiger partial charge in [0.15, 0.2) is 9.84 Å². The Labute approximate surface area is 154 Å². The van der Waals surface area contributed by atoms with Crippen molar-refractivity contribution in [1.82, 2.24) is 14.6 Å². The van der Waals surface area contributed by atoms with Crippen molar-refractivity contribution < 1.29 is 21.6 Å². The number of nitrogens with one attached hydrogen (secondary N) is 1. The fourth-order valence-corrected chi connectivity index (χ4v) is 7.04. The molecule has 26 heavy (non-hydrogen) atoms. The fourth-order valence-electron chi connectivity index (χ4n) is 3.52. The van der Waals surface area contributed by atoms with Crippen molar-refractivity contribution in [1.29, 1.82) is 0 Å². The third-order valence-electron chi connectivity index (χ3n) is 5.03. The Bertz CT molecular complexity index is 878. The molecule has 3 heterocycles. The number of hydrogen-bond donors (Lipinski definition) is 1. The minimum atomic E-state index is -3.60. The summed E-state index contributed by atoms with van der Waals surface area (Å²) in [6.07, 6.45) is 4.06. The average Bonchev–Trinajstić information content (AvgIpc) is 2.88. The third-order valence-corrected chi connectivity index (χ3v) is 8.81. The highest BCUT2D eigenvalue weighted by atomic mass is 32.2. The largest absolute Gasteiger partial charge is 0.350 e. The second-order valence-electron chi connectivity index (χ2n) is 7.26. The van der Waals surface area contributed by atoms with Crippen LogP contribution in [0, 0.1) is 5.92 Å². The molecule has 10 heteroatoms. The summed E-state index contributed by atoms with van der Waals surface area (Å²) in [5, 5.41) is 2.87. The molecule has 0 aromatic carbocycles. The number of aromatic nitrogens is 1. The molecule has 0 unspecified atom stereocenters. The zero-order valence-corrected chi connectivity index (χ0v) is 16.2. The van der Waals surface area contributed by atoms with E-state index < -0.39 is 25.4 Å². The second-order valence-corrected chi connectivity index (χ2v) is 11.4. The van der Waals surface area contributed by atoms with E-state index >= 15 is 0 Å². The van der Waals surface area contributed by atoms with Crippen LogP contribution in [0.5, 0.6) is 0 Å². The predicted molar refractivity (Wildman–Crippen MR) is 95.5 cm³/mol. The van der Waals surface area contributed by atoms with Gasteiger partial charge >= 0.3 is 0 Å². The summed E-state index contributed by atoms with van der Waals surface area (Å²) >= 11 is 0. The zero-order valence-electron chi connectivity index (χ0n) is 14.6. The van der Waals surface area contributed by atoms with E-state index in [1.807, 2.05) is 0 Å². The van der Waals surface area contributed by atoms with Crippen LogP contribution < -0.4 is 5.32 Å². The van der Waals surface area contributed by atoms with Gasteiger partial charge in [-0.15, -0.1) is 0 Å². The van der Waals surface area contributed by atoms with Crippen LogP contribution in [0.15, 0.2) is 29.4 Å². The van der Waals surface area contributed by atoms with Gasteiger partial charge in [-0.1, -0.05) is 0 Å². The van der Waals surface area contributed by atoms with Crippen molar-refractivity contribution >= 4 is 25.8 Å². The Hall–Kier alpha value is -1.52. The topological polar surface area (TPSA) is 114 Å². The number of carbonyl (C=O) groups excluding carboxylic acids is 1. The van der Waals surface area contributed by atoms with Gasteiger partial charge in [0.1, 0.15) is 4.90 Å². The first-order chi connectivity index (χ1) is 12.1. The summed E-state index contributed by atoms with van der Waals surface area (Å²) in [5.41, 5.74) is -0.727. The molecule has 0 aliphatic carbocycles. The van der Waals surface area contributed by atoms with Gasteiger partial charge in [0.2, 0.25) is 15.9 Å². The van der Waals surface area contributed by atoms with Gasteiger partial charge in [-0.05, 0) is 38.3 Å². The first-order valence-electron chi connectivity index (χ1n) is 8.54. The van der Waals surface area contributed by atoms with Gasteiger partial charge in [0.05, 0.1) is 17.0 Å². The lowest BCUT2D eigenvalue weighted by Crippen LogP contribution is -2.51. The quantitative estimate of drug-likeness (QED) is 0.770. The predicted octanol–water partition coefficient (Wildman–Crippen LogP) is 0.176. The summed E-state index contributed by atoms with van der Waals surface area (Å²) in [6.45, 7) is 2.26. The van der Waals surface area contributed by atoms with Crippen LogP contribution in [0.3, 0.4) is 0 Å². The summed E-state index contributed by atoms with van der Waals surface area (Å²) in [7, 11) is -6.70. The highest BCUT2D eigenvalue weighted by Gasteiger charge is 2.41. The molecule has 1 N–H and O–H groups in total. The van der Waals surface area contributed by atoms with Crippen LogP contribution in [-0.2, 0) is 24.7 Å². The zero-order chi connectivity index (χ0) is 19.0. The van der Waals surface area contributed by atoms with Gasteiger partial charge in [0, 0.05) is 31.4 Å². The van der Waals surface area contributed by atoms with Crippen LogP contribution >= 0.6 is 0 Å². The average molecular weight is 402 g/mol. The van der Waals surface area contributed by atoms with Crippen LogP contribution in [-0.4, -0.2) is 62.2 Å². The molecular formula is C16H23N3O5S2. The standard InChI is InChI=1S/C16H23N3O5S2/c1-16(6-10-25(21,22)12-16)18-15(20)13-4-8-19(9-5-13)26(23,24)14-3-2-7-17-11-14/h2-3,7,11,13H,4-6,8-10,12H2,1H3,(H,18,20)/t16-/m1/s1. The SMILES string of the molecule is C[C@@]1(NC(=O)C2CCN(S(=O)(=O)c3cccnc3)CC2)CCS(=O)(=O)C1. The number of carbonyl (C=O) groups is 1. The van der Waals surface area contributed by atoms with E-state index in [0.29, 0.717) is 19.3 Å². The maximum absolute atomic E-state index is 12.6. The number of nitrogens with zero attached hydrogens (tertiary/aromatic N) is 2. The molecule has 1 aromatic rings. The first kappa shape index (κ1) is 19.2. The number of pyridine rings is 1. The van der Waals surface area contributed by atoms with Crippen LogP contribution in [0.25, 0.3) is 0 Å². The number of sulfonamides is 1. The smallest absolute Gasteiger partial charge is 0.244 e. The van der Waals surface area contributed by atoms with Crippen molar-refractivity contribution in [2.24, 2.45) is 5.92 Å². The van der Waals surface area contributed by atoms with Gasteiger partial charge in [-0.3, -0.25) is 9.78 Å². The monoisotopic (exact) mass is 401 g/mol. The summed E-state index contributed by atoms with van der Waals surface area (Å²) in [5.74, 6) is -0.454. The summed E-state index contributed by atoms with van der Waals surface area (Å²) in [4.78, 5) is 16.5. The molecule has 1 aromatic heterocycles. The lowest BCUT2D eigenvalue weighted by atomic mass is 9.94. The molecule has 0 saturated carbocycles. The van der Waals surface area contributed by atoms with E-state index in [0.717, 1.165) is 0 Å². The Balaban J connectivity index is 1.59. The van der Waals surface area contributed by atoms with Crippen LogP contribution in [0.4, 0.5) is 0 Å². The van der Waals surface area contributed by atoms with Gasteiger partial charge in [-0.2, -0.15) is 4.31 Å². The Morgan fingerprint density at radius 3 is 2.58 bits per heavy atom. The normalized spacial score (nSPS) is 27.3. The minimum absolute atomic E-state index is 0.0417. The summed E-state index contributed by atoms with van der Waals surface area (Å²) < 4.78 is 49.9. The molecule has 144 valence electrons. The fraction of sp³-hybridized carbons (Fsp3) is 0.625. The molecule has 2 saturated heterocycles. The van der Waals surface area contributed by atoms with Crippen molar-refractivity contribution in [2.45, 2.75) is 36.6 Å². The number of rotatable bonds is 4. The van der Waals surface area contributed by atoms with E-state index in [9.17, 15) is 21.6 Å². The van der Waals surface area contributed by atoms with Gasteiger partial charge < -0.3 is 5.32 Å². The van der Waals surface area contributed by atoms with Crippen molar-refractivity contribution in [3.05, 3.63) is 24.5 Å². The van der Waals surface area contributed by atoms with Gasteiger partial charge in [0.25, 0.3) is 0 Å². The lowest BCUT2D eigenvalue weighted by molar-refractivity contribution is -0.127. The molecule has 1 atom stereocenters. The molecule has 0 bridgehead atoms. The van der Waals surface area contributed by atoms with E-state index in [2.05, 4.69) is 10.3 Å². The summed E-state index contributed by atoms with van der Waals surface area (Å²) in [6, 6.07) is 3.08. The van der Waals surface area contributed by atoms with E-state index in [4.69, 9.17) is 0 Å². The highest BCUT2D eigenvalue weighted by molar-refractivity contribution is 7.91. The van der Waals surface area contributed by atoms with Crippen molar-refractivity contribution in [2.75, 3.05) is 24.6 Å². The molecule has 0 spiro atoms. The van der Waals surface area contributed by atoms with Crippen LogP contribution in [0.2, 0.25) is 0 Å². The number of amides is 1. The van der Waals surface area contributed by atoms with Crippen molar-refractivity contribution in [3.63, 3.8) is 0 Å². The Morgan fingerprint density at radius 1 is 1.35 bits per heavy atom. The number of sulfone groups is 1. The second kappa shape index (κ2) is 6.90. The first-order valence-corrected chi connectivity index (χ1v) is 11.8. The molecule has 2 aliphatic heterocycles. The Kier molecular flexibility index (Phi) is 5.11. The molecule has 8 nitrogen and oxygen atoms in total. The molecule has 3 rings (SSSR count). The minimum Gasteiger partial charge on any atom is -0.350 e.